The van der Waals surface area contributed by atoms with Crippen molar-refractivity contribution in [3.05, 3.63) is 67.7 Å². The summed E-state index contributed by atoms with van der Waals surface area (Å²) in [6, 6.07) is 10.2. The Labute approximate surface area is 147 Å². The van der Waals surface area contributed by atoms with Crippen LogP contribution in [0.4, 0.5) is 5.69 Å². The second-order valence-electron chi connectivity index (χ2n) is 5.72. The van der Waals surface area contributed by atoms with Crippen LogP contribution in [-0.2, 0) is 6.42 Å². The molecule has 0 saturated heterocycles. The molecule has 0 N–H and O–H groups in total. The summed E-state index contributed by atoms with van der Waals surface area (Å²) in [6.45, 7) is 2.02. The number of nitrogens with zero attached hydrogens (tertiary/aromatic N) is 3. The van der Waals surface area contributed by atoms with Crippen LogP contribution in [0.25, 0.3) is 0 Å². The molecule has 6 nitrogen and oxygen atoms in total. The van der Waals surface area contributed by atoms with Crippen LogP contribution < -0.4 is 4.74 Å². The van der Waals surface area contributed by atoms with Gasteiger partial charge in [0.15, 0.2) is 0 Å². The van der Waals surface area contributed by atoms with Crippen LogP contribution in [-0.4, -0.2) is 18.1 Å². The summed E-state index contributed by atoms with van der Waals surface area (Å²) < 4.78 is 6.29. The first-order valence-corrected chi connectivity index (χ1v) is 8.29. The number of hydrogen-bond acceptors (Lipinski definition) is 5. The van der Waals surface area contributed by atoms with E-state index < -0.39 is 4.92 Å². The molecule has 1 aliphatic rings. The molecule has 0 amide bonds. The van der Waals surface area contributed by atoms with Gasteiger partial charge >= 0.3 is 0 Å². The number of hydrogen-bond donors (Lipinski definition) is 0. The molecule has 2 aromatic carbocycles. The minimum atomic E-state index is -0.408. The van der Waals surface area contributed by atoms with Gasteiger partial charge in [-0.05, 0) is 70.2 Å². The van der Waals surface area contributed by atoms with Crippen molar-refractivity contribution in [2.45, 2.75) is 25.4 Å². The first-order chi connectivity index (χ1) is 11.5. The lowest BCUT2D eigenvalue weighted by molar-refractivity contribution is -0.384. The Morgan fingerprint density at radius 3 is 2.58 bits per heavy atom. The number of nitro benzene ring substituents is 1. The minimum absolute atomic E-state index is 0.0614. The SMILES string of the molecule is COc1cc2c(cc1Br)CC(C)N=NC2c1ccc([N+](=O)[O-])cc1. The molecule has 0 spiro atoms. The zero-order valence-electron chi connectivity index (χ0n) is 13.3. The molecule has 24 heavy (non-hydrogen) atoms. The first kappa shape index (κ1) is 16.6. The molecule has 0 radical (unpaired) electrons. The van der Waals surface area contributed by atoms with Crippen LogP contribution in [0, 0.1) is 10.1 Å². The normalized spacial score (nSPS) is 19.5. The van der Waals surface area contributed by atoms with Crippen LogP contribution in [0.2, 0.25) is 0 Å². The zero-order valence-corrected chi connectivity index (χ0v) is 14.9. The maximum Gasteiger partial charge on any atom is 0.269 e. The van der Waals surface area contributed by atoms with Crippen LogP contribution in [0.5, 0.6) is 5.75 Å². The number of non-ortho nitro benzene ring substituents is 1. The third-order valence-electron chi connectivity index (χ3n) is 4.02. The predicted octanol–water partition coefficient (Wildman–Crippen LogP) is 4.85. The van der Waals surface area contributed by atoms with Gasteiger partial charge in [0.1, 0.15) is 11.8 Å². The van der Waals surface area contributed by atoms with Gasteiger partial charge < -0.3 is 4.74 Å². The summed E-state index contributed by atoms with van der Waals surface area (Å²) in [6.07, 6.45) is 0.783. The summed E-state index contributed by atoms with van der Waals surface area (Å²) in [5.74, 6) is 0.727. The van der Waals surface area contributed by atoms with Gasteiger partial charge in [0.25, 0.3) is 5.69 Å². The Morgan fingerprint density at radius 2 is 1.96 bits per heavy atom. The number of ether oxygens (including phenoxy) is 1. The molecule has 1 aliphatic heterocycles. The fourth-order valence-corrected chi connectivity index (χ4v) is 3.38. The van der Waals surface area contributed by atoms with E-state index >= 15 is 0 Å². The Hall–Kier alpha value is -2.28. The second kappa shape index (κ2) is 6.68. The van der Waals surface area contributed by atoms with E-state index in [0.717, 1.165) is 33.3 Å². The lowest BCUT2D eigenvalue weighted by Crippen LogP contribution is -2.05. The van der Waals surface area contributed by atoms with Crippen molar-refractivity contribution in [2.24, 2.45) is 10.2 Å². The number of fused-ring (bicyclic) bond motifs is 1. The highest BCUT2D eigenvalue weighted by Gasteiger charge is 2.24. The van der Waals surface area contributed by atoms with Gasteiger partial charge in [-0.25, -0.2) is 0 Å². The lowest BCUT2D eigenvalue weighted by Gasteiger charge is -2.16. The summed E-state index contributed by atoms with van der Waals surface area (Å²) in [5.41, 5.74) is 3.08. The highest BCUT2D eigenvalue weighted by atomic mass is 79.9. The van der Waals surface area contributed by atoms with Gasteiger partial charge in [0.05, 0.1) is 22.5 Å². The van der Waals surface area contributed by atoms with Crippen molar-refractivity contribution in [3.63, 3.8) is 0 Å². The first-order valence-electron chi connectivity index (χ1n) is 7.50. The van der Waals surface area contributed by atoms with Crippen molar-refractivity contribution in [2.75, 3.05) is 7.11 Å². The van der Waals surface area contributed by atoms with Crippen LogP contribution in [0.1, 0.15) is 29.7 Å². The molecular weight excluding hydrogens is 374 g/mol. The van der Waals surface area contributed by atoms with E-state index in [0.29, 0.717) is 0 Å². The fraction of sp³-hybridized carbons (Fsp3) is 0.294. The van der Waals surface area contributed by atoms with Crippen molar-refractivity contribution in [3.8, 4) is 5.75 Å². The standard InChI is InChI=1S/C17H16BrN3O3/c1-10-7-12-8-15(18)16(24-2)9-14(12)17(20-19-10)11-3-5-13(6-4-11)21(22)23/h3-6,8-10,17H,7H2,1-2H3. The lowest BCUT2D eigenvalue weighted by atomic mass is 9.92. The summed E-state index contributed by atoms with van der Waals surface area (Å²) in [4.78, 5) is 10.4. The molecule has 3 rings (SSSR count). The van der Waals surface area contributed by atoms with Gasteiger partial charge in [-0.15, -0.1) is 0 Å². The molecule has 0 aliphatic carbocycles. The molecule has 0 aromatic heterocycles. The summed E-state index contributed by atoms with van der Waals surface area (Å²) in [5, 5.41) is 19.7. The number of nitro groups is 1. The second-order valence-corrected chi connectivity index (χ2v) is 6.58. The fourth-order valence-electron chi connectivity index (χ4n) is 2.82. The maximum absolute atomic E-state index is 10.8. The predicted molar refractivity (Wildman–Crippen MR) is 93.7 cm³/mol. The average molecular weight is 390 g/mol. The summed E-state index contributed by atoms with van der Waals surface area (Å²) >= 11 is 3.52. The molecule has 0 fully saturated rings. The third kappa shape index (κ3) is 3.17. The molecule has 7 heteroatoms. The van der Waals surface area contributed by atoms with Crippen molar-refractivity contribution in [1.82, 2.24) is 0 Å². The topological polar surface area (TPSA) is 77.1 Å². The van der Waals surface area contributed by atoms with Crippen molar-refractivity contribution in [1.29, 1.82) is 0 Å². The quantitative estimate of drug-likeness (QED) is 0.555. The van der Waals surface area contributed by atoms with Crippen LogP contribution in [0.3, 0.4) is 0 Å². The molecule has 2 unspecified atom stereocenters. The van der Waals surface area contributed by atoms with E-state index in [-0.39, 0.29) is 17.8 Å². The maximum atomic E-state index is 10.8. The largest absolute Gasteiger partial charge is 0.496 e. The minimum Gasteiger partial charge on any atom is -0.496 e. The van der Waals surface area contributed by atoms with E-state index in [1.54, 1.807) is 19.2 Å². The van der Waals surface area contributed by atoms with Crippen LogP contribution in [0.15, 0.2) is 51.1 Å². The molecule has 0 bridgehead atoms. The van der Waals surface area contributed by atoms with Gasteiger partial charge in [0, 0.05) is 12.1 Å². The van der Waals surface area contributed by atoms with Crippen LogP contribution >= 0.6 is 15.9 Å². The van der Waals surface area contributed by atoms with Gasteiger partial charge in [-0.2, -0.15) is 10.2 Å². The molecular formula is C17H16BrN3O3. The zero-order chi connectivity index (χ0) is 17.3. The van der Waals surface area contributed by atoms with Crippen molar-refractivity contribution >= 4 is 21.6 Å². The smallest absolute Gasteiger partial charge is 0.269 e. The Balaban J connectivity index is 2.10. The highest BCUT2D eigenvalue weighted by Crippen LogP contribution is 2.38. The number of azo groups is 1. The van der Waals surface area contributed by atoms with Crippen molar-refractivity contribution < 1.29 is 9.66 Å². The van der Waals surface area contributed by atoms with E-state index in [9.17, 15) is 10.1 Å². The highest BCUT2D eigenvalue weighted by molar-refractivity contribution is 9.10. The number of rotatable bonds is 3. The third-order valence-corrected chi connectivity index (χ3v) is 4.64. The number of halogens is 1. The van der Waals surface area contributed by atoms with Gasteiger partial charge in [0.2, 0.25) is 0 Å². The molecule has 0 saturated carbocycles. The average Bonchev–Trinajstić information content (AvgIpc) is 2.72. The summed E-state index contributed by atoms with van der Waals surface area (Å²) in [7, 11) is 1.62. The van der Waals surface area contributed by atoms with Gasteiger partial charge in [-0.1, -0.05) is 0 Å². The number of benzene rings is 2. The van der Waals surface area contributed by atoms with E-state index in [2.05, 4.69) is 26.2 Å². The van der Waals surface area contributed by atoms with E-state index in [1.165, 1.54) is 12.1 Å². The van der Waals surface area contributed by atoms with E-state index in [1.807, 2.05) is 19.1 Å². The van der Waals surface area contributed by atoms with Gasteiger partial charge in [-0.3, -0.25) is 10.1 Å². The monoisotopic (exact) mass is 389 g/mol. The Kier molecular flexibility index (Phi) is 4.62. The molecule has 2 aromatic rings. The Morgan fingerprint density at radius 1 is 1.25 bits per heavy atom. The van der Waals surface area contributed by atoms with E-state index in [4.69, 9.17) is 4.74 Å². The number of methoxy groups -OCH3 is 1. The molecule has 2 atom stereocenters. The molecule has 1 heterocycles. The molecule has 124 valence electrons. The Bertz CT molecular complexity index is 805.